The van der Waals surface area contributed by atoms with E-state index >= 15 is 0 Å². The van der Waals surface area contributed by atoms with Crippen molar-refractivity contribution in [2.45, 2.75) is 13.8 Å². The van der Waals surface area contributed by atoms with Crippen molar-refractivity contribution >= 4 is 0 Å². The van der Waals surface area contributed by atoms with Crippen LogP contribution < -0.4 is 0 Å². The average Bonchev–Trinajstić information content (AvgIpc) is 1.96. The number of terminal acetylenes is 1. The number of aryl methyl sites for hydroxylation is 1. The van der Waals surface area contributed by atoms with Gasteiger partial charge in [0.05, 0.1) is 0 Å². The van der Waals surface area contributed by atoms with Gasteiger partial charge in [0, 0.05) is 5.56 Å². The molecule has 11 heavy (non-hydrogen) atoms. The van der Waals surface area contributed by atoms with Crippen molar-refractivity contribution in [3.8, 4) is 12.3 Å². The fourth-order valence-corrected chi connectivity index (χ4v) is 0.965. The van der Waals surface area contributed by atoms with Gasteiger partial charge in [-0.15, -0.1) is 6.42 Å². The lowest BCUT2D eigenvalue weighted by Crippen LogP contribution is -1.88. The Morgan fingerprint density at radius 2 is 2.00 bits per heavy atom. The van der Waals surface area contributed by atoms with E-state index in [0.717, 1.165) is 11.1 Å². The first-order valence-corrected chi connectivity index (χ1v) is 3.38. The van der Waals surface area contributed by atoms with Gasteiger partial charge in [-0.2, -0.15) is 0 Å². The zero-order valence-corrected chi connectivity index (χ0v) is 6.61. The molecule has 1 aromatic carbocycles. The van der Waals surface area contributed by atoms with Crippen LogP contribution in [0.25, 0.3) is 0 Å². The Labute approximate surface area is 66.1 Å². The summed E-state index contributed by atoms with van der Waals surface area (Å²) in [6.45, 7) is 3.74. The first kappa shape index (κ1) is 7.81. The molecule has 56 valence electrons. The van der Waals surface area contributed by atoms with Crippen molar-refractivity contribution in [2.24, 2.45) is 0 Å². The zero-order valence-electron chi connectivity index (χ0n) is 6.61. The third kappa shape index (κ3) is 1.40. The van der Waals surface area contributed by atoms with Crippen molar-refractivity contribution in [3.05, 3.63) is 34.6 Å². The van der Waals surface area contributed by atoms with Gasteiger partial charge in [0.1, 0.15) is 5.82 Å². The van der Waals surface area contributed by atoms with Gasteiger partial charge in [-0.05, 0) is 37.1 Å². The number of halogens is 1. The van der Waals surface area contributed by atoms with Crippen LogP contribution >= 0.6 is 0 Å². The zero-order chi connectivity index (χ0) is 8.43. The second-order valence-corrected chi connectivity index (χ2v) is 2.54. The highest BCUT2D eigenvalue weighted by atomic mass is 19.1. The topological polar surface area (TPSA) is 0 Å². The highest BCUT2D eigenvalue weighted by molar-refractivity contribution is 5.43. The van der Waals surface area contributed by atoms with Crippen molar-refractivity contribution in [1.82, 2.24) is 0 Å². The second kappa shape index (κ2) is 2.75. The molecule has 0 saturated heterocycles. The monoisotopic (exact) mass is 148 g/mol. The van der Waals surface area contributed by atoms with Gasteiger partial charge in [-0.1, -0.05) is 5.92 Å². The van der Waals surface area contributed by atoms with Gasteiger partial charge < -0.3 is 0 Å². The van der Waals surface area contributed by atoms with E-state index in [1.165, 1.54) is 12.1 Å². The second-order valence-electron chi connectivity index (χ2n) is 2.54. The first-order chi connectivity index (χ1) is 5.15. The minimum Gasteiger partial charge on any atom is -0.207 e. The van der Waals surface area contributed by atoms with Crippen LogP contribution in [-0.2, 0) is 0 Å². The fraction of sp³-hybridized carbons (Fsp3) is 0.200. The van der Waals surface area contributed by atoms with Crippen LogP contribution in [0.5, 0.6) is 0 Å². The summed E-state index contributed by atoms with van der Waals surface area (Å²) < 4.78 is 12.7. The molecule has 0 saturated carbocycles. The molecule has 0 amide bonds. The van der Waals surface area contributed by atoms with Crippen molar-refractivity contribution in [2.75, 3.05) is 0 Å². The highest BCUT2D eigenvalue weighted by Gasteiger charge is 2.00. The van der Waals surface area contributed by atoms with Gasteiger partial charge in [0.15, 0.2) is 0 Å². The Hall–Kier alpha value is -1.29. The van der Waals surface area contributed by atoms with Gasteiger partial charge >= 0.3 is 0 Å². The van der Waals surface area contributed by atoms with Gasteiger partial charge in [-0.3, -0.25) is 0 Å². The molecule has 1 aromatic rings. The van der Waals surface area contributed by atoms with Crippen LogP contribution in [0.2, 0.25) is 0 Å². The predicted molar refractivity (Wildman–Crippen MR) is 43.8 cm³/mol. The molecule has 0 aliphatic rings. The summed E-state index contributed by atoms with van der Waals surface area (Å²) in [5.41, 5.74) is 2.52. The first-order valence-electron chi connectivity index (χ1n) is 3.38. The van der Waals surface area contributed by atoms with E-state index in [4.69, 9.17) is 6.42 Å². The van der Waals surface area contributed by atoms with Crippen LogP contribution in [-0.4, -0.2) is 0 Å². The van der Waals surface area contributed by atoms with Crippen molar-refractivity contribution < 1.29 is 4.39 Å². The van der Waals surface area contributed by atoms with Crippen LogP contribution in [0.15, 0.2) is 12.1 Å². The number of rotatable bonds is 0. The molecule has 0 heterocycles. The normalized spacial score (nSPS) is 9.27. The molecule has 0 radical (unpaired) electrons. The van der Waals surface area contributed by atoms with Crippen molar-refractivity contribution in [3.63, 3.8) is 0 Å². The van der Waals surface area contributed by atoms with E-state index in [2.05, 4.69) is 5.92 Å². The Balaban J connectivity index is 3.39. The van der Waals surface area contributed by atoms with Crippen LogP contribution in [0, 0.1) is 32.0 Å². The maximum absolute atomic E-state index is 12.7. The number of benzene rings is 1. The predicted octanol–water partition coefficient (Wildman–Crippen LogP) is 2.42. The fourth-order valence-electron chi connectivity index (χ4n) is 0.965. The summed E-state index contributed by atoms with van der Waals surface area (Å²) in [4.78, 5) is 0. The summed E-state index contributed by atoms with van der Waals surface area (Å²) in [6, 6.07) is 2.86. The molecule has 1 heteroatoms. The largest absolute Gasteiger partial charge is 0.207 e. The molecule has 1 rings (SSSR count). The molecule has 0 atom stereocenters. The van der Waals surface area contributed by atoms with E-state index in [9.17, 15) is 4.39 Å². The maximum atomic E-state index is 12.7. The lowest BCUT2D eigenvalue weighted by atomic mass is 10.0. The van der Waals surface area contributed by atoms with Crippen LogP contribution in [0.3, 0.4) is 0 Å². The molecule has 0 unspecified atom stereocenters. The van der Waals surface area contributed by atoms with Crippen molar-refractivity contribution in [1.29, 1.82) is 0 Å². The summed E-state index contributed by atoms with van der Waals surface area (Å²) in [6.07, 6.45) is 5.17. The highest BCUT2D eigenvalue weighted by Crippen LogP contribution is 2.13. The van der Waals surface area contributed by atoms with Crippen LogP contribution in [0.4, 0.5) is 4.39 Å². The molecular weight excluding hydrogens is 139 g/mol. The quantitative estimate of drug-likeness (QED) is 0.496. The Bertz CT molecular complexity index is 318. The summed E-state index contributed by atoms with van der Waals surface area (Å²) >= 11 is 0. The molecular formula is C10H9F. The Morgan fingerprint density at radius 3 is 2.55 bits per heavy atom. The summed E-state index contributed by atoms with van der Waals surface area (Å²) in [5, 5.41) is 0. The van der Waals surface area contributed by atoms with Gasteiger partial charge in [0.25, 0.3) is 0 Å². The smallest absolute Gasteiger partial charge is 0.124 e. The van der Waals surface area contributed by atoms with Crippen LogP contribution in [0.1, 0.15) is 16.7 Å². The Morgan fingerprint density at radius 1 is 1.36 bits per heavy atom. The van der Waals surface area contributed by atoms with E-state index in [1.54, 1.807) is 0 Å². The minimum absolute atomic E-state index is 0.263. The molecule has 0 bridgehead atoms. The Kier molecular flexibility index (Phi) is 1.96. The SMILES string of the molecule is C#Cc1cc(F)cc(C)c1C. The van der Waals surface area contributed by atoms with Gasteiger partial charge in [-0.25, -0.2) is 4.39 Å². The third-order valence-corrected chi connectivity index (χ3v) is 1.79. The number of hydrogen-bond acceptors (Lipinski definition) is 0. The lowest BCUT2D eigenvalue weighted by Gasteiger charge is -2.02. The molecule has 0 fully saturated rings. The van der Waals surface area contributed by atoms with E-state index in [1.807, 2.05) is 13.8 Å². The molecule has 0 aliphatic heterocycles. The minimum atomic E-state index is -0.263. The third-order valence-electron chi connectivity index (χ3n) is 1.79. The summed E-state index contributed by atoms with van der Waals surface area (Å²) in [5.74, 6) is 2.17. The summed E-state index contributed by atoms with van der Waals surface area (Å²) in [7, 11) is 0. The molecule has 0 aliphatic carbocycles. The molecule has 0 nitrogen and oxygen atoms in total. The average molecular weight is 148 g/mol. The maximum Gasteiger partial charge on any atom is 0.124 e. The molecule has 0 spiro atoms. The van der Waals surface area contributed by atoms with E-state index in [0.29, 0.717) is 5.56 Å². The molecule has 0 N–H and O–H groups in total. The van der Waals surface area contributed by atoms with E-state index in [-0.39, 0.29) is 5.82 Å². The molecule has 0 aromatic heterocycles. The standard InChI is InChI=1S/C10H9F/c1-4-9-6-10(11)5-7(2)8(9)3/h1,5-6H,2-3H3. The number of hydrogen-bond donors (Lipinski definition) is 0. The lowest BCUT2D eigenvalue weighted by molar-refractivity contribution is 0.625. The van der Waals surface area contributed by atoms with Gasteiger partial charge in [0.2, 0.25) is 0 Å². The van der Waals surface area contributed by atoms with E-state index < -0.39 is 0 Å².